The Hall–Kier alpha value is -2.50. The highest BCUT2D eigenvalue weighted by Gasteiger charge is 2.10. The largest absolute Gasteiger partial charge is 0.394 e. The van der Waals surface area contributed by atoms with E-state index in [-0.39, 0.29) is 12.6 Å². The number of benzene rings is 2. The first-order valence-electron chi connectivity index (χ1n) is 7.61. The lowest BCUT2D eigenvalue weighted by atomic mass is 10.1. The number of aliphatic hydroxyl groups is 1. The Morgan fingerprint density at radius 3 is 2.65 bits per heavy atom. The minimum Gasteiger partial charge on any atom is -0.394 e. The van der Waals surface area contributed by atoms with Gasteiger partial charge in [0.1, 0.15) is 12.7 Å². The number of nitrogens with one attached hydrogen (secondary N) is 1. The summed E-state index contributed by atoms with van der Waals surface area (Å²) in [7, 11) is 0. The molecule has 5 heteroatoms. The number of aryl methyl sites for hydroxylation is 1. The van der Waals surface area contributed by atoms with Crippen LogP contribution in [0, 0.1) is 6.92 Å². The van der Waals surface area contributed by atoms with Crippen LogP contribution < -0.4 is 5.32 Å². The molecule has 0 fully saturated rings. The maximum Gasteiger partial charge on any atom is 0.138 e. The van der Waals surface area contributed by atoms with Crippen molar-refractivity contribution in [3.8, 4) is 5.69 Å². The number of hydrogen-bond acceptors (Lipinski definition) is 4. The quantitative estimate of drug-likeness (QED) is 0.734. The van der Waals surface area contributed by atoms with E-state index < -0.39 is 0 Å². The zero-order valence-corrected chi connectivity index (χ0v) is 13.1. The third-order valence-electron chi connectivity index (χ3n) is 3.86. The van der Waals surface area contributed by atoms with Crippen LogP contribution in [0.2, 0.25) is 0 Å². The van der Waals surface area contributed by atoms with Gasteiger partial charge in [-0.1, -0.05) is 42.5 Å². The summed E-state index contributed by atoms with van der Waals surface area (Å²) in [6.45, 7) is 2.82. The van der Waals surface area contributed by atoms with Gasteiger partial charge in [-0.2, -0.15) is 5.10 Å². The van der Waals surface area contributed by atoms with Gasteiger partial charge in [0, 0.05) is 6.54 Å². The molecule has 0 saturated carbocycles. The lowest BCUT2D eigenvalue weighted by Gasteiger charge is -2.17. The molecule has 5 nitrogen and oxygen atoms in total. The normalized spacial score (nSPS) is 12.3. The van der Waals surface area contributed by atoms with Crippen molar-refractivity contribution in [1.82, 2.24) is 20.1 Å². The van der Waals surface area contributed by atoms with E-state index in [1.165, 1.54) is 11.9 Å². The molecule has 1 aromatic heterocycles. The van der Waals surface area contributed by atoms with Crippen LogP contribution in [0.5, 0.6) is 0 Å². The van der Waals surface area contributed by atoms with Crippen LogP contribution in [-0.4, -0.2) is 26.5 Å². The van der Waals surface area contributed by atoms with Gasteiger partial charge in [0.25, 0.3) is 0 Å². The molecule has 0 radical (unpaired) electrons. The molecular weight excluding hydrogens is 288 g/mol. The fourth-order valence-corrected chi connectivity index (χ4v) is 2.63. The fraction of sp³-hybridized carbons (Fsp3) is 0.222. The van der Waals surface area contributed by atoms with Crippen molar-refractivity contribution < 1.29 is 5.11 Å². The first kappa shape index (κ1) is 15.4. The predicted molar refractivity (Wildman–Crippen MR) is 89.2 cm³/mol. The Morgan fingerprint density at radius 1 is 1.17 bits per heavy atom. The van der Waals surface area contributed by atoms with Gasteiger partial charge in [-0.3, -0.25) is 0 Å². The van der Waals surface area contributed by atoms with Crippen molar-refractivity contribution in [2.45, 2.75) is 19.5 Å². The van der Waals surface area contributed by atoms with E-state index in [9.17, 15) is 5.11 Å². The van der Waals surface area contributed by atoms with Crippen LogP contribution >= 0.6 is 0 Å². The molecule has 0 aliphatic heterocycles. The number of aliphatic hydroxyl groups excluding tert-OH is 1. The van der Waals surface area contributed by atoms with E-state index in [1.807, 2.05) is 36.4 Å². The van der Waals surface area contributed by atoms with Crippen LogP contribution in [0.3, 0.4) is 0 Å². The maximum atomic E-state index is 9.60. The molecule has 118 valence electrons. The van der Waals surface area contributed by atoms with Crippen molar-refractivity contribution in [1.29, 1.82) is 0 Å². The Morgan fingerprint density at radius 2 is 2.00 bits per heavy atom. The van der Waals surface area contributed by atoms with Gasteiger partial charge in [0.05, 0.1) is 18.3 Å². The van der Waals surface area contributed by atoms with Gasteiger partial charge >= 0.3 is 0 Å². The summed E-state index contributed by atoms with van der Waals surface area (Å²) in [6, 6.07) is 16.2. The first-order valence-corrected chi connectivity index (χ1v) is 7.61. The summed E-state index contributed by atoms with van der Waals surface area (Å²) >= 11 is 0. The number of hydrogen-bond donors (Lipinski definition) is 2. The summed E-state index contributed by atoms with van der Waals surface area (Å²) in [5, 5.41) is 17.2. The van der Waals surface area contributed by atoms with E-state index in [2.05, 4.69) is 34.5 Å². The molecule has 1 atom stereocenters. The molecule has 2 aromatic carbocycles. The van der Waals surface area contributed by atoms with Gasteiger partial charge in [0.2, 0.25) is 0 Å². The molecule has 0 bridgehead atoms. The Labute approximate surface area is 135 Å². The van der Waals surface area contributed by atoms with Crippen LogP contribution in [-0.2, 0) is 6.54 Å². The van der Waals surface area contributed by atoms with Crippen LogP contribution in [0.1, 0.15) is 22.7 Å². The highest BCUT2D eigenvalue weighted by atomic mass is 16.3. The smallest absolute Gasteiger partial charge is 0.138 e. The van der Waals surface area contributed by atoms with E-state index in [0.717, 1.165) is 16.8 Å². The summed E-state index contributed by atoms with van der Waals surface area (Å²) in [5.74, 6) is 0. The molecule has 0 aliphatic rings. The standard InChI is InChI=1S/C18H20N4O/c1-14-9-15(7-8-18(14)22-13-19-12-21-22)10-20-17(11-23)16-5-3-2-4-6-16/h2-9,12-13,17,20,23H,10-11H2,1H3. The first-order chi connectivity index (χ1) is 11.3. The van der Waals surface area contributed by atoms with E-state index in [1.54, 1.807) is 11.0 Å². The third-order valence-corrected chi connectivity index (χ3v) is 3.86. The molecule has 3 aromatic rings. The second kappa shape index (κ2) is 7.17. The van der Waals surface area contributed by atoms with Crippen LogP contribution in [0.4, 0.5) is 0 Å². The van der Waals surface area contributed by atoms with Crippen molar-refractivity contribution in [3.05, 3.63) is 77.9 Å². The average Bonchev–Trinajstić information content (AvgIpc) is 3.11. The SMILES string of the molecule is Cc1cc(CNC(CO)c2ccccc2)ccc1-n1cncn1. The van der Waals surface area contributed by atoms with Crippen LogP contribution in [0.15, 0.2) is 61.2 Å². The van der Waals surface area contributed by atoms with Gasteiger partial charge < -0.3 is 10.4 Å². The van der Waals surface area contributed by atoms with E-state index >= 15 is 0 Å². The second-order valence-electron chi connectivity index (χ2n) is 5.49. The molecule has 23 heavy (non-hydrogen) atoms. The minimum atomic E-state index is -0.0634. The lowest BCUT2D eigenvalue weighted by Crippen LogP contribution is -2.24. The molecule has 1 unspecified atom stereocenters. The molecule has 0 aliphatic carbocycles. The van der Waals surface area contributed by atoms with Gasteiger partial charge in [-0.05, 0) is 29.7 Å². The number of nitrogens with zero attached hydrogens (tertiary/aromatic N) is 3. The Bertz CT molecular complexity index is 741. The second-order valence-corrected chi connectivity index (χ2v) is 5.49. The van der Waals surface area contributed by atoms with Gasteiger partial charge in [-0.25, -0.2) is 9.67 Å². The molecular formula is C18H20N4O. The van der Waals surface area contributed by atoms with Crippen molar-refractivity contribution in [3.63, 3.8) is 0 Å². The molecule has 2 N–H and O–H groups in total. The molecule has 0 amide bonds. The van der Waals surface area contributed by atoms with E-state index in [0.29, 0.717) is 6.54 Å². The maximum absolute atomic E-state index is 9.60. The molecule has 1 heterocycles. The molecule has 0 saturated heterocycles. The van der Waals surface area contributed by atoms with Crippen molar-refractivity contribution >= 4 is 0 Å². The summed E-state index contributed by atoms with van der Waals surface area (Å²) in [5.41, 5.74) is 4.41. The van der Waals surface area contributed by atoms with E-state index in [4.69, 9.17) is 0 Å². The summed E-state index contributed by atoms with van der Waals surface area (Å²) in [4.78, 5) is 3.98. The average molecular weight is 308 g/mol. The topological polar surface area (TPSA) is 63.0 Å². The summed E-state index contributed by atoms with van der Waals surface area (Å²) in [6.07, 6.45) is 3.22. The molecule has 3 rings (SSSR count). The number of aromatic nitrogens is 3. The zero-order chi connectivity index (χ0) is 16.1. The van der Waals surface area contributed by atoms with Gasteiger partial charge in [-0.15, -0.1) is 0 Å². The monoisotopic (exact) mass is 308 g/mol. The summed E-state index contributed by atoms with van der Waals surface area (Å²) < 4.78 is 1.76. The Kier molecular flexibility index (Phi) is 4.80. The fourth-order valence-electron chi connectivity index (χ4n) is 2.63. The number of rotatable bonds is 6. The highest BCUT2D eigenvalue weighted by Crippen LogP contribution is 2.16. The van der Waals surface area contributed by atoms with Crippen molar-refractivity contribution in [2.75, 3.05) is 6.61 Å². The van der Waals surface area contributed by atoms with Crippen molar-refractivity contribution in [2.24, 2.45) is 0 Å². The zero-order valence-electron chi connectivity index (χ0n) is 13.1. The molecule has 0 spiro atoms. The lowest BCUT2D eigenvalue weighted by molar-refractivity contribution is 0.243. The predicted octanol–water partition coefficient (Wildman–Crippen LogP) is 2.40. The third kappa shape index (κ3) is 3.64. The minimum absolute atomic E-state index is 0.0634. The van der Waals surface area contributed by atoms with Gasteiger partial charge in [0.15, 0.2) is 0 Å². The highest BCUT2D eigenvalue weighted by molar-refractivity contribution is 5.41. The Balaban J connectivity index is 1.70. The van der Waals surface area contributed by atoms with Crippen LogP contribution in [0.25, 0.3) is 5.69 Å².